The van der Waals surface area contributed by atoms with Crippen LogP contribution in [0.25, 0.3) is 22.2 Å². The second-order valence-corrected chi connectivity index (χ2v) is 13.0. The molecular weight excluding hydrogens is 634 g/mol. The third kappa shape index (κ3) is 6.61. The predicted molar refractivity (Wildman–Crippen MR) is 189 cm³/mol. The summed E-state index contributed by atoms with van der Waals surface area (Å²) in [6, 6.07) is 23.2. The first-order chi connectivity index (χ1) is 24.3. The molecule has 2 aliphatic rings. The molecule has 4 heterocycles. The zero-order valence-electron chi connectivity index (χ0n) is 28.0. The Bertz CT molecular complexity index is 2010. The van der Waals surface area contributed by atoms with Gasteiger partial charge >= 0.3 is 5.91 Å². The van der Waals surface area contributed by atoms with Crippen LogP contribution in [0.2, 0.25) is 0 Å². The van der Waals surface area contributed by atoms with E-state index in [1.807, 2.05) is 97.9 Å². The molecule has 3 aromatic carbocycles. The summed E-state index contributed by atoms with van der Waals surface area (Å²) in [7, 11) is 3.76. The SMILES string of the molecule is CN(C)C(C(=O)N1CCC[C@H]1C(=O)Nc1ccc2[nH]c(-c3ccc(NC(=O)[C@@H]4CCCN4C(=O)c4ncco4)cc3)cc2c1)c1ccccc1. The quantitative estimate of drug-likeness (QED) is 0.193. The lowest BCUT2D eigenvalue weighted by Gasteiger charge is -2.31. The number of fused-ring (bicyclic) bond motifs is 1. The van der Waals surface area contributed by atoms with E-state index in [0.717, 1.165) is 40.6 Å². The summed E-state index contributed by atoms with van der Waals surface area (Å²) in [6.45, 7) is 1.01. The smallest absolute Gasteiger partial charge is 0.310 e. The van der Waals surface area contributed by atoms with Crippen molar-refractivity contribution in [1.82, 2.24) is 24.7 Å². The van der Waals surface area contributed by atoms with Crippen molar-refractivity contribution in [2.45, 2.75) is 43.8 Å². The average molecular weight is 674 g/mol. The van der Waals surface area contributed by atoms with Crippen LogP contribution in [0, 0.1) is 0 Å². The number of aromatic nitrogens is 2. The van der Waals surface area contributed by atoms with Crippen molar-refractivity contribution >= 4 is 45.9 Å². The van der Waals surface area contributed by atoms with Gasteiger partial charge in [0, 0.05) is 41.1 Å². The topological polar surface area (TPSA) is 144 Å². The largest absolute Gasteiger partial charge is 0.441 e. The zero-order chi connectivity index (χ0) is 34.8. The van der Waals surface area contributed by atoms with Crippen LogP contribution in [0.4, 0.5) is 11.4 Å². The number of H-pyrrole nitrogens is 1. The first-order valence-electron chi connectivity index (χ1n) is 16.8. The van der Waals surface area contributed by atoms with Crippen molar-refractivity contribution in [1.29, 1.82) is 0 Å². The normalized spacial score (nSPS) is 18.1. The summed E-state index contributed by atoms with van der Waals surface area (Å²) in [5.74, 6) is -0.941. The van der Waals surface area contributed by atoms with E-state index in [0.29, 0.717) is 37.3 Å². The molecule has 0 radical (unpaired) electrons. The Balaban J connectivity index is 0.998. The van der Waals surface area contributed by atoms with E-state index in [-0.39, 0.29) is 23.6 Å². The molecular formula is C38H39N7O5. The van der Waals surface area contributed by atoms with Crippen LogP contribution in [0.5, 0.6) is 0 Å². The van der Waals surface area contributed by atoms with Crippen molar-refractivity contribution in [2.24, 2.45) is 0 Å². The maximum absolute atomic E-state index is 13.7. The predicted octanol–water partition coefficient (Wildman–Crippen LogP) is 5.30. The number of anilines is 2. The summed E-state index contributed by atoms with van der Waals surface area (Å²) in [5, 5.41) is 6.91. The lowest BCUT2D eigenvalue weighted by molar-refractivity contribution is -0.140. The van der Waals surface area contributed by atoms with Crippen molar-refractivity contribution in [2.75, 3.05) is 37.8 Å². The van der Waals surface area contributed by atoms with Crippen molar-refractivity contribution in [3.8, 4) is 11.3 Å². The van der Waals surface area contributed by atoms with E-state index < -0.39 is 24.0 Å². The van der Waals surface area contributed by atoms with Gasteiger partial charge in [0.15, 0.2) is 0 Å². The molecule has 2 aliphatic heterocycles. The molecule has 2 aromatic heterocycles. The summed E-state index contributed by atoms with van der Waals surface area (Å²) in [5.41, 5.74) is 4.87. The van der Waals surface area contributed by atoms with Gasteiger partial charge in [-0.1, -0.05) is 42.5 Å². The Hall–Kier alpha value is -5.75. The molecule has 0 spiro atoms. The van der Waals surface area contributed by atoms with Crippen molar-refractivity contribution < 1.29 is 23.6 Å². The number of hydrogen-bond acceptors (Lipinski definition) is 7. The fourth-order valence-electron chi connectivity index (χ4n) is 7.04. The fourth-order valence-corrected chi connectivity index (χ4v) is 7.04. The highest BCUT2D eigenvalue weighted by Crippen LogP contribution is 2.30. The van der Waals surface area contributed by atoms with Gasteiger partial charge in [-0.3, -0.25) is 24.1 Å². The van der Waals surface area contributed by atoms with Crippen LogP contribution < -0.4 is 10.6 Å². The van der Waals surface area contributed by atoms with Crippen molar-refractivity contribution in [3.63, 3.8) is 0 Å². The molecule has 0 bridgehead atoms. The second-order valence-electron chi connectivity index (χ2n) is 13.0. The molecule has 2 fully saturated rings. The minimum atomic E-state index is -0.598. The summed E-state index contributed by atoms with van der Waals surface area (Å²) >= 11 is 0. The number of benzene rings is 3. The van der Waals surface area contributed by atoms with Gasteiger partial charge in [0.2, 0.25) is 17.7 Å². The average Bonchev–Trinajstić information content (AvgIpc) is 3.95. The summed E-state index contributed by atoms with van der Waals surface area (Å²) in [6.07, 6.45) is 5.42. The van der Waals surface area contributed by atoms with Crippen LogP contribution in [0.3, 0.4) is 0 Å². The highest BCUT2D eigenvalue weighted by molar-refractivity contribution is 6.01. The molecule has 5 aromatic rings. The number of carbonyl (C=O) groups excluding carboxylic acids is 4. The van der Waals surface area contributed by atoms with E-state index >= 15 is 0 Å². The number of amides is 4. The lowest BCUT2D eigenvalue weighted by Crippen LogP contribution is -2.47. The number of rotatable bonds is 9. The van der Waals surface area contributed by atoms with Crippen LogP contribution in [-0.4, -0.2) is 87.6 Å². The molecule has 0 saturated carbocycles. The van der Waals surface area contributed by atoms with Gasteiger partial charge < -0.3 is 29.8 Å². The number of likely N-dealkylation sites (tertiary alicyclic amines) is 2. The minimum Gasteiger partial charge on any atom is -0.441 e. The van der Waals surface area contributed by atoms with Gasteiger partial charge in [-0.15, -0.1) is 0 Å². The number of oxazole rings is 1. The summed E-state index contributed by atoms with van der Waals surface area (Å²) in [4.78, 5) is 65.6. The van der Waals surface area contributed by atoms with Gasteiger partial charge in [0.25, 0.3) is 5.89 Å². The van der Waals surface area contributed by atoms with Gasteiger partial charge in [-0.25, -0.2) is 4.98 Å². The molecule has 7 rings (SSSR count). The Morgan fingerprint density at radius 1 is 0.840 bits per heavy atom. The van der Waals surface area contributed by atoms with E-state index in [1.54, 1.807) is 4.90 Å². The zero-order valence-corrected chi connectivity index (χ0v) is 28.0. The van der Waals surface area contributed by atoms with E-state index in [2.05, 4.69) is 20.6 Å². The first-order valence-corrected chi connectivity index (χ1v) is 16.8. The fraction of sp³-hybridized carbons (Fsp3) is 0.289. The van der Waals surface area contributed by atoms with Gasteiger partial charge in [0.05, 0.1) is 6.20 Å². The Kier molecular flexibility index (Phi) is 9.18. The molecule has 3 atom stereocenters. The maximum atomic E-state index is 13.7. The van der Waals surface area contributed by atoms with E-state index in [1.165, 1.54) is 17.4 Å². The second kappa shape index (κ2) is 14.0. The van der Waals surface area contributed by atoms with Crippen molar-refractivity contribution in [3.05, 3.63) is 103 Å². The van der Waals surface area contributed by atoms with Crippen LogP contribution in [0.1, 0.15) is 48.0 Å². The molecule has 1 unspecified atom stereocenters. The van der Waals surface area contributed by atoms with Gasteiger partial charge in [-0.2, -0.15) is 0 Å². The van der Waals surface area contributed by atoms with Gasteiger partial charge in [0.1, 0.15) is 24.4 Å². The molecule has 3 N–H and O–H groups in total. The number of carbonyl (C=O) groups is 4. The van der Waals surface area contributed by atoms with E-state index in [4.69, 9.17) is 4.42 Å². The molecule has 12 heteroatoms. The molecule has 12 nitrogen and oxygen atoms in total. The molecule has 0 aliphatic carbocycles. The molecule has 4 amide bonds. The molecule has 256 valence electrons. The van der Waals surface area contributed by atoms with Crippen LogP contribution >= 0.6 is 0 Å². The monoisotopic (exact) mass is 673 g/mol. The van der Waals surface area contributed by atoms with E-state index in [9.17, 15) is 19.2 Å². The highest BCUT2D eigenvalue weighted by atomic mass is 16.4. The van der Waals surface area contributed by atoms with Crippen LogP contribution in [0.15, 0.2) is 95.7 Å². The summed E-state index contributed by atoms with van der Waals surface area (Å²) < 4.78 is 5.14. The third-order valence-corrected chi connectivity index (χ3v) is 9.49. The Morgan fingerprint density at radius 2 is 1.50 bits per heavy atom. The Morgan fingerprint density at radius 3 is 2.18 bits per heavy atom. The number of likely N-dealkylation sites (N-methyl/N-ethyl adjacent to an activating group) is 1. The minimum absolute atomic E-state index is 0.0216. The number of aromatic amines is 1. The Labute approximate surface area is 289 Å². The maximum Gasteiger partial charge on any atom is 0.310 e. The first kappa shape index (κ1) is 32.8. The highest BCUT2D eigenvalue weighted by Gasteiger charge is 2.39. The number of nitrogens with zero attached hydrogens (tertiary/aromatic N) is 4. The van der Waals surface area contributed by atoms with Crippen LogP contribution in [-0.2, 0) is 14.4 Å². The number of nitrogens with one attached hydrogen (secondary N) is 3. The lowest BCUT2D eigenvalue weighted by atomic mass is 10.0. The standard InChI is InChI=1S/C38H39N7O5/c1-43(2)33(25-8-4-3-5-9-25)37(48)44-19-6-10-31(44)35(47)41-28-16-17-29-26(22-28)23-30(42-29)24-12-14-27(15-13-24)40-34(46)32-11-7-20-45(32)38(49)36-39-18-21-50-36/h3-5,8-9,12-18,21-23,31-33,42H,6-7,10-11,19-20H2,1-2H3,(H,40,46)(H,41,47)/t31-,32-,33?/m0/s1. The third-order valence-electron chi connectivity index (χ3n) is 9.49. The molecule has 50 heavy (non-hydrogen) atoms. The number of hydrogen-bond donors (Lipinski definition) is 3. The molecule has 2 saturated heterocycles. The van der Waals surface area contributed by atoms with Gasteiger partial charge in [-0.05, 0) is 87.3 Å².